The van der Waals surface area contributed by atoms with Gasteiger partial charge in [0, 0.05) is 38.8 Å². The van der Waals surface area contributed by atoms with Gasteiger partial charge in [-0.25, -0.2) is 0 Å². The summed E-state index contributed by atoms with van der Waals surface area (Å²) < 4.78 is 5.68. The Bertz CT molecular complexity index is 319. The molecule has 0 N–H and O–H groups in total. The van der Waals surface area contributed by atoms with Gasteiger partial charge in [0.25, 0.3) is 0 Å². The minimum Gasteiger partial charge on any atom is -0.377 e. The second-order valence-corrected chi connectivity index (χ2v) is 8.32. The van der Waals surface area contributed by atoms with Gasteiger partial charge in [-0.2, -0.15) is 0 Å². The summed E-state index contributed by atoms with van der Waals surface area (Å²) in [5.74, 6) is 0.962. The van der Waals surface area contributed by atoms with Crippen molar-refractivity contribution in [3.05, 3.63) is 0 Å². The van der Waals surface area contributed by atoms with Gasteiger partial charge < -0.3 is 14.5 Å². The first-order chi connectivity index (χ1) is 11.5. The van der Waals surface area contributed by atoms with Crippen LogP contribution in [0.25, 0.3) is 0 Å². The van der Waals surface area contributed by atoms with E-state index in [1.54, 1.807) is 0 Å². The van der Waals surface area contributed by atoms with Gasteiger partial charge in [-0.15, -0.1) is 0 Å². The zero-order valence-corrected chi connectivity index (χ0v) is 16.7. The third kappa shape index (κ3) is 7.38. The highest BCUT2D eigenvalue weighted by molar-refractivity contribution is 4.76. The average Bonchev–Trinajstić information content (AvgIpc) is 2.56. The molecule has 0 aromatic heterocycles. The number of piperidine rings is 1. The Balaban J connectivity index is 1.49. The average molecular weight is 340 g/mol. The summed E-state index contributed by atoms with van der Waals surface area (Å²) in [6, 6.07) is 0.711. The third-order valence-corrected chi connectivity index (χ3v) is 5.79. The third-order valence-electron chi connectivity index (χ3n) is 5.79. The standard InChI is InChI=1S/C20H41N3O/c1-18(2)23-14-12-21(13-15-23)9-5-6-20-7-10-22(11-8-20)16-17-24-19(3)4/h18-20H,5-17H2,1-4H3. The fourth-order valence-electron chi connectivity index (χ4n) is 4.02. The van der Waals surface area contributed by atoms with E-state index in [-0.39, 0.29) is 0 Å². The number of hydrogen-bond acceptors (Lipinski definition) is 4. The van der Waals surface area contributed by atoms with E-state index < -0.39 is 0 Å². The molecule has 0 spiro atoms. The Kier molecular flexibility index (Phi) is 9.02. The van der Waals surface area contributed by atoms with Gasteiger partial charge in [0.15, 0.2) is 0 Å². The van der Waals surface area contributed by atoms with Gasteiger partial charge in [-0.3, -0.25) is 4.90 Å². The van der Waals surface area contributed by atoms with Crippen LogP contribution in [0.5, 0.6) is 0 Å². The molecule has 2 fully saturated rings. The number of likely N-dealkylation sites (tertiary alicyclic amines) is 1. The lowest BCUT2D eigenvalue weighted by Crippen LogP contribution is -2.49. The Labute approximate surface area is 150 Å². The highest BCUT2D eigenvalue weighted by atomic mass is 16.5. The van der Waals surface area contributed by atoms with Gasteiger partial charge in [-0.05, 0) is 78.9 Å². The minimum absolute atomic E-state index is 0.366. The quantitative estimate of drug-likeness (QED) is 0.643. The van der Waals surface area contributed by atoms with E-state index in [0.29, 0.717) is 12.1 Å². The lowest BCUT2D eigenvalue weighted by Gasteiger charge is -2.37. The van der Waals surface area contributed by atoms with Gasteiger partial charge in [-0.1, -0.05) is 0 Å². The molecular weight excluding hydrogens is 298 g/mol. The van der Waals surface area contributed by atoms with Crippen molar-refractivity contribution in [2.24, 2.45) is 5.92 Å². The van der Waals surface area contributed by atoms with Gasteiger partial charge in [0.05, 0.1) is 12.7 Å². The Morgan fingerprint density at radius 3 is 2.04 bits per heavy atom. The number of piperazine rings is 1. The van der Waals surface area contributed by atoms with E-state index >= 15 is 0 Å². The van der Waals surface area contributed by atoms with Gasteiger partial charge in [0.2, 0.25) is 0 Å². The van der Waals surface area contributed by atoms with Crippen LogP contribution in [0.3, 0.4) is 0 Å². The number of nitrogens with zero attached hydrogens (tertiary/aromatic N) is 3. The maximum absolute atomic E-state index is 5.68. The molecule has 4 heteroatoms. The van der Waals surface area contributed by atoms with Crippen LogP contribution in [-0.4, -0.2) is 85.8 Å². The largest absolute Gasteiger partial charge is 0.377 e. The lowest BCUT2D eigenvalue weighted by atomic mass is 9.92. The van der Waals surface area contributed by atoms with E-state index in [4.69, 9.17) is 4.74 Å². The van der Waals surface area contributed by atoms with Crippen molar-refractivity contribution in [3.63, 3.8) is 0 Å². The molecule has 2 aliphatic heterocycles. The summed E-state index contributed by atoms with van der Waals surface area (Å²) in [5, 5.41) is 0. The number of ether oxygens (including phenoxy) is 1. The Morgan fingerprint density at radius 2 is 1.46 bits per heavy atom. The molecule has 0 aliphatic carbocycles. The number of hydrogen-bond donors (Lipinski definition) is 0. The van der Waals surface area contributed by atoms with Crippen molar-refractivity contribution < 1.29 is 4.74 Å². The van der Waals surface area contributed by atoms with E-state index in [2.05, 4.69) is 42.4 Å². The van der Waals surface area contributed by atoms with E-state index in [0.717, 1.165) is 19.1 Å². The fourth-order valence-corrected chi connectivity index (χ4v) is 4.02. The molecule has 0 aromatic rings. The molecule has 0 bridgehead atoms. The zero-order chi connectivity index (χ0) is 17.4. The lowest BCUT2D eigenvalue weighted by molar-refractivity contribution is 0.0499. The first-order valence-corrected chi connectivity index (χ1v) is 10.3. The SMILES string of the molecule is CC(C)OCCN1CCC(CCCN2CCN(C(C)C)CC2)CC1. The summed E-state index contributed by atoms with van der Waals surface area (Å²) in [6.45, 7) is 19.8. The predicted octanol–water partition coefficient (Wildman–Crippen LogP) is 2.93. The van der Waals surface area contributed by atoms with Crippen LogP contribution in [0.1, 0.15) is 53.4 Å². The molecule has 0 atom stereocenters. The maximum atomic E-state index is 5.68. The molecule has 0 radical (unpaired) electrons. The van der Waals surface area contributed by atoms with Crippen LogP contribution in [-0.2, 0) is 4.74 Å². The van der Waals surface area contributed by atoms with Crippen molar-refractivity contribution in [1.29, 1.82) is 0 Å². The van der Waals surface area contributed by atoms with Crippen LogP contribution >= 0.6 is 0 Å². The van der Waals surface area contributed by atoms with E-state index in [1.807, 2.05) is 0 Å². The first-order valence-electron chi connectivity index (χ1n) is 10.3. The highest BCUT2D eigenvalue weighted by Crippen LogP contribution is 2.22. The molecule has 24 heavy (non-hydrogen) atoms. The minimum atomic E-state index is 0.366. The molecule has 2 rings (SSSR count). The van der Waals surface area contributed by atoms with Crippen LogP contribution in [0, 0.1) is 5.92 Å². The second-order valence-electron chi connectivity index (χ2n) is 8.32. The summed E-state index contributed by atoms with van der Waals surface area (Å²) in [5.41, 5.74) is 0. The first kappa shape index (κ1) is 20.2. The topological polar surface area (TPSA) is 19.0 Å². The van der Waals surface area contributed by atoms with Crippen molar-refractivity contribution in [2.75, 3.05) is 59.0 Å². The van der Waals surface area contributed by atoms with Gasteiger partial charge >= 0.3 is 0 Å². The summed E-state index contributed by atoms with van der Waals surface area (Å²) in [7, 11) is 0. The van der Waals surface area contributed by atoms with Crippen LogP contribution in [0.4, 0.5) is 0 Å². The fraction of sp³-hybridized carbons (Fsp3) is 1.00. The van der Waals surface area contributed by atoms with Crippen LogP contribution in [0.2, 0.25) is 0 Å². The van der Waals surface area contributed by atoms with Crippen molar-refractivity contribution >= 4 is 0 Å². The second kappa shape index (κ2) is 10.7. The molecule has 2 saturated heterocycles. The molecule has 2 aliphatic rings. The highest BCUT2D eigenvalue weighted by Gasteiger charge is 2.21. The summed E-state index contributed by atoms with van der Waals surface area (Å²) in [4.78, 5) is 7.87. The van der Waals surface area contributed by atoms with Gasteiger partial charge in [0.1, 0.15) is 0 Å². The molecule has 4 nitrogen and oxygen atoms in total. The number of rotatable bonds is 9. The van der Waals surface area contributed by atoms with Crippen LogP contribution < -0.4 is 0 Å². The Morgan fingerprint density at radius 1 is 0.833 bits per heavy atom. The van der Waals surface area contributed by atoms with Crippen molar-refractivity contribution in [2.45, 2.75) is 65.5 Å². The summed E-state index contributed by atoms with van der Waals surface area (Å²) in [6.07, 6.45) is 5.97. The summed E-state index contributed by atoms with van der Waals surface area (Å²) >= 11 is 0. The monoisotopic (exact) mass is 339 g/mol. The Hall–Kier alpha value is -0.160. The van der Waals surface area contributed by atoms with Crippen molar-refractivity contribution in [1.82, 2.24) is 14.7 Å². The molecular formula is C20H41N3O. The molecule has 142 valence electrons. The van der Waals surface area contributed by atoms with E-state index in [9.17, 15) is 0 Å². The van der Waals surface area contributed by atoms with E-state index in [1.165, 1.54) is 71.5 Å². The molecule has 0 amide bonds. The molecule has 0 saturated carbocycles. The molecule has 0 aromatic carbocycles. The molecule has 2 heterocycles. The predicted molar refractivity (Wildman–Crippen MR) is 103 cm³/mol. The zero-order valence-electron chi connectivity index (χ0n) is 16.7. The smallest absolute Gasteiger partial charge is 0.0596 e. The molecule has 0 unspecified atom stereocenters. The van der Waals surface area contributed by atoms with Crippen LogP contribution in [0.15, 0.2) is 0 Å². The van der Waals surface area contributed by atoms with Crippen molar-refractivity contribution in [3.8, 4) is 0 Å². The maximum Gasteiger partial charge on any atom is 0.0596 e. The normalized spacial score (nSPS) is 22.8.